The Kier molecular flexibility index (Phi) is 4.81. The molecule has 0 aliphatic carbocycles. The van der Waals surface area contributed by atoms with E-state index < -0.39 is 0 Å². The summed E-state index contributed by atoms with van der Waals surface area (Å²) in [6.07, 6.45) is 0. The van der Waals surface area contributed by atoms with Crippen molar-refractivity contribution in [2.75, 3.05) is 7.05 Å². The molecule has 1 aromatic carbocycles. The van der Waals surface area contributed by atoms with Crippen LogP contribution in [0.5, 0.6) is 0 Å². The second-order valence-electron chi connectivity index (χ2n) is 3.68. The minimum Gasteiger partial charge on any atom is -0.315 e. The molecule has 18 heavy (non-hydrogen) atoms. The van der Waals surface area contributed by atoms with Crippen LogP contribution < -0.4 is 5.32 Å². The molecule has 0 spiro atoms. The maximum absolute atomic E-state index is 6.21. The minimum absolute atomic E-state index is 0.405. The van der Waals surface area contributed by atoms with Crippen molar-refractivity contribution in [1.29, 1.82) is 0 Å². The molecule has 0 saturated heterocycles. The molecule has 0 saturated carbocycles. The summed E-state index contributed by atoms with van der Waals surface area (Å²) in [7, 11) is 1.90. The molecule has 0 bridgehead atoms. The fourth-order valence-corrected chi connectivity index (χ4v) is 3.52. The van der Waals surface area contributed by atoms with Gasteiger partial charge in [-0.15, -0.1) is 11.3 Å². The summed E-state index contributed by atoms with van der Waals surface area (Å²) >= 11 is 26.1. The Bertz CT molecular complexity index is 553. The van der Waals surface area contributed by atoms with E-state index in [0.29, 0.717) is 25.7 Å². The SMILES string of the molecule is CNCc1cc(-c2c(Cl)c(Cl)cc(Cl)c2Cl)cs1. The summed E-state index contributed by atoms with van der Waals surface area (Å²) in [4.78, 5) is 1.19. The van der Waals surface area contributed by atoms with E-state index in [4.69, 9.17) is 46.4 Å². The number of thiophene rings is 1. The lowest BCUT2D eigenvalue weighted by molar-refractivity contribution is 0.831. The number of nitrogens with one attached hydrogen (secondary N) is 1. The van der Waals surface area contributed by atoms with Crippen LogP contribution >= 0.6 is 57.7 Å². The molecular weight excluding hydrogens is 332 g/mol. The molecule has 0 aliphatic heterocycles. The van der Waals surface area contributed by atoms with Gasteiger partial charge in [-0.3, -0.25) is 0 Å². The predicted molar refractivity (Wildman–Crippen MR) is 82.6 cm³/mol. The number of hydrogen-bond donors (Lipinski definition) is 1. The minimum atomic E-state index is 0.405. The van der Waals surface area contributed by atoms with E-state index in [1.165, 1.54) is 4.88 Å². The van der Waals surface area contributed by atoms with Crippen LogP contribution in [0.4, 0.5) is 0 Å². The Balaban J connectivity index is 2.55. The molecule has 2 aromatic rings. The first-order valence-corrected chi connectivity index (χ1v) is 7.49. The van der Waals surface area contributed by atoms with E-state index in [1.54, 1.807) is 17.4 Å². The van der Waals surface area contributed by atoms with Crippen LogP contribution in [0.25, 0.3) is 11.1 Å². The van der Waals surface area contributed by atoms with Crippen molar-refractivity contribution < 1.29 is 0 Å². The van der Waals surface area contributed by atoms with Crippen LogP contribution in [-0.2, 0) is 6.54 Å². The lowest BCUT2D eigenvalue weighted by Gasteiger charge is -2.08. The fraction of sp³-hybridized carbons (Fsp3) is 0.167. The summed E-state index contributed by atoms with van der Waals surface area (Å²) in [5, 5.41) is 6.76. The van der Waals surface area contributed by atoms with Gasteiger partial charge in [0.1, 0.15) is 0 Å². The van der Waals surface area contributed by atoms with E-state index in [1.807, 2.05) is 18.5 Å². The van der Waals surface area contributed by atoms with E-state index in [0.717, 1.165) is 12.1 Å². The van der Waals surface area contributed by atoms with Gasteiger partial charge in [0.05, 0.1) is 20.1 Å². The summed E-state index contributed by atoms with van der Waals surface area (Å²) in [5.74, 6) is 0. The smallest absolute Gasteiger partial charge is 0.0687 e. The fourth-order valence-electron chi connectivity index (χ4n) is 1.61. The quantitative estimate of drug-likeness (QED) is 0.701. The van der Waals surface area contributed by atoms with Gasteiger partial charge in [0, 0.05) is 17.0 Å². The zero-order valence-corrected chi connectivity index (χ0v) is 13.2. The molecule has 6 heteroatoms. The van der Waals surface area contributed by atoms with Crippen molar-refractivity contribution >= 4 is 57.7 Å². The Morgan fingerprint density at radius 1 is 1.06 bits per heavy atom. The second-order valence-corrected chi connectivity index (χ2v) is 6.24. The Hall–Kier alpha value is 0.0400. The normalized spacial score (nSPS) is 10.9. The molecule has 1 nitrogen and oxygen atoms in total. The van der Waals surface area contributed by atoms with Gasteiger partial charge in [-0.25, -0.2) is 0 Å². The van der Waals surface area contributed by atoms with Crippen LogP contribution in [0.3, 0.4) is 0 Å². The Morgan fingerprint density at radius 2 is 1.67 bits per heavy atom. The van der Waals surface area contributed by atoms with Gasteiger partial charge >= 0.3 is 0 Å². The molecule has 0 aliphatic rings. The molecule has 1 heterocycles. The largest absolute Gasteiger partial charge is 0.315 e. The lowest BCUT2D eigenvalue weighted by Crippen LogP contribution is -2.02. The molecule has 0 radical (unpaired) electrons. The second kappa shape index (κ2) is 6.00. The summed E-state index contributed by atoms with van der Waals surface area (Å²) in [6.45, 7) is 0.800. The molecular formula is C12H9Cl4NS. The third-order valence-electron chi connectivity index (χ3n) is 2.41. The van der Waals surface area contributed by atoms with E-state index in [-0.39, 0.29) is 0 Å². The standard InChI is InChI=1S/C12H9Cl4NS/c1-17-4-7-2-6(5-18-7)10-11(15)8(13)3-9(14)12(10)16/h2-3,5,17H,4H2,1H3. The predicted octanol–water partition coefficient (Wildman–Crippen LogP) is 5.75. The molecule has 0 fully saturated rings. The van der Waals surface area contributed by atoms with Crippen LogP contribution in [0, 0.1) is 0 Å². The van der Waals surface area contributed by atoms with Gasteiger partial charge in [-0.05, 0) is 30.1 Å². The topological polar surface area (TPSA) is 12.0 Å². The first-order chi connectivity index (χ1) is 8.54. The third-order valence-corrected chi connectivity index (χ3v) is 4.92. The maximum atomic E-state index is 6.21. The highest BCUT2D eigenvalue weighted by atomic mass is 35.5. The molecule has 1 N–H and O–H groups in total. The average molecular weight is 341 g/mol. The average Bonchev–Trinajstić information content (AvgIpc) is 2.76. The molecule has 0 atom stereocenters. The number of rotatable bonds is 3. The van der Waals surface area contributed by atoms with E-state index in [9.17, 15) is 0 Å². The monoisotopic (exact) mass is 339 g/mol. The zero-order valence-electron chi connectivity index (χ0n) is 9.36. The van der Waals surface area contributed by atoms with Gasteiger partial charge < -0.3 is 5.32 Å². The van der Waals surface area contributed by atoms with Gasteiger partial charge in [0.2, 0.25) is 0 Å². The molecule has 2 rings (SSSR count). The van der Waals surface area contributed by atoms with Crippen molar-refractivity contribution in [3.05, 3.63) is 42.5 Å². The number of halogens is 4. The first-order valence-electron chi connectivity index (χ1n) is 5.10. The highest BCUT2D eigenvalue weighted by Crippen LogP contribution is 2.44. The molecule has 1 aromatic heterocycles. The third kappa shape index (κ3) is 2.79. The maximum Gasteiger partial charge on any atom is 0.0687 e. The zero-order chi connectivity index (χ0) is 13.3. The molecule has 96 valence electrons. The van der Waals surface area contributed by atoms with E-state index in [2.05, 4.69) is 5.32 Å². The van der Waals surface area contributed by atoms with Gasteiger partial charge in [-0.2, -0.15) is 0 Å². The van der Waals surface area contributed by atoms with Crippen molar-refractivity contribution in [1.82, 2.24) is 5.32 Å². The Labute approximate surface area is 130 Å². The number of hydrogen-bond acceptors (Lipinski definition) is 2. The number of benzene rings is 1. The summed E-state index contributed by atoms with van der Waals surface area (Å²) in [5.41, 5.74) is 1.62. The van der Waals surface area contributed by atoms with Crippen LogP contribution in [0.15, 0.2) is 17.5 Å². The molecule has 0 unspecified atom stereocenters. The van der Waals surface area contributed by atoms with Crippen molar-refractivity contribution in [3.63, 3.8) is 0 Å². The van der Waals surface area contributed by atoms with E-state index >= 15 is 0 Å². The lowest BCUT2D eigenvalue weighted by atomic mass is 10.1. The van der Waals surface area contributed by atoms with Crippen molar-refractivity contribution in [3.8, 4) is 11.1 Å². The van der Waals surface area contributed by atoms with Crippen molar-refractivity contribution in [2.45, 2.75) is 6.54 Å². The van der Waals surface area contributed by atoms with Gasteiger partial charge in [-0.1, -0.05) is 46.4 Å². The summed E-state index contributed by atoms with van der Waals surface area (Å²) < 4.78 is 0. The van der Waals surface area contributed by atoms with Gasteiger partial charge in [0.25, 0.3) is 0 Å². The van der Waals surface area contributed by atoms with Gasteiger partial charge in [0.15, 0.2) is 0 Å². The van der Waals surface area contributed by atoms with Crippen molar-refractivity contribution in [2.24, 2.45) is 0 Å². The highest BCUT2D eigenvalue weighted by Gasteiger charge is 2.16. The summed E-state index contributed by atoms with van der Waals surface area (Å²) in [6, 6.07) is 3.58. The first kappa shape index (κ1) is 14.4. The van der Waals surface area contributed by atoms with Crippen LogP contribution in [-0.4, -0.2) is 7.05 Å². The Morgan fingerprint density at radius 3 is 2.22 bits per heavy atom. The van der Waals surface area contributed by atoms with Crippen LogP contribution in [0.2, 0.25) is 20.1 Å². The van der Waals surface area contributed by atoms with Crippen LogP contribution in [0.1, 0.15) is 4.88 Å². The molecule has 0 amide bonds. The highest BCUT2D eigenvalue weighted by molar-refractivity contribution is 7.10.